The SMILES string of the molecule is Clc1ccccc1Cc1cccc2c1NC(=NCc1ncccc1Cl)NS2. The van der Waals surface area contributed by atoms with E-state index in [-0.39, 0.29) is 0 Å². The summed E-state index contributed by atoms with van der Waals surface area (Å²) in [6, 6.07) is 17.8. The molecule has 0 saturated heterocycles. The highest BCUT2D eigenvalue weighted by atomic mass is 35.5. The van der Waals surface area contributed by atoms with E-state index < -0.39 is 0 Å². The first-order valence-corrected chi connectivity index (χ1v) is 9.97. The predicted octanol–water partition coefficient (Wildman–Crippen LogP) is 5.56. The molecule has 0 amide bonds. The maximum Gasteiger partial charge on any atom is 0.206 e. The lowest BCUT2D eigenvalue weighted by Gasteiger charge is -2.23. The van der Waals surface area contributed by atoms with E-state index in [1.807, 2.05) is 36.4 Å². The summed E-state index contributed by atoms with van der Waals surface area (Å²) in [5, 5.41) is 4.79. The molecule has 0 aliphatic carbocycles. The number of fused-ring (bicyclic) bond motifs is 1. The number of anilines is 1. The topological polar surface area (TPSA) is 49.3 Å². The zero-order valence-corrected chi connectivity index (χ0v) is 16.6. The Labute approximate surface area is 172 Å². The predicted molar refractivity (Wildman–Crippen MR) is 114 cm³/mol. The van der Waals surface area contributed by atoms with Gasteiger partial charge in [0.15, 0.2) is 0 Å². The molecule has 0 saturated carbocycles. The van der Waals surface area contributed by atoms with Crippen molar-refractivity contribution in [2.24, 2.45) is 4.99 Å². The van der Waals surface area contributed by atoms with Crippen molar-refractivity contribution in [1.82, 2.24) is 9.71 Å². The van der Waals surface area contributed by atoms with Gasteiger partial charge in [-0.2, -0.15) is 0 Å². The van der Waals surface area contributed by atoms with Crippen molar-refractivity contribution in [2.75, 3.05) is 5.32 Å². The second-order valence-corrected chi connectivity index (χ2v) is 7.65. The van der Waals surface area contributed by atoms with Crippen LogP contribution in [0.4, 0.5) is 5.69 Å². The van der Waals surface area contributed by atoms with Crippen molar-refractivity contribution < 1.29 is 0 Å². The number of halogens is 2. The molecular weight excluding hydrogens is 399 g/mol. The van der Waals surface area contributed by atoms with E-state index in [9.17, 15) is 0 Å². The second-order valence-electron chi connectivity index (χ2n) is 5.98. The molecule has 2 N–H and O–H groups in total. The van der Waals surface area contributed by atoms with Crippen LogP contribution in [0.1, 0.15) is 16.8 Å². The number of aromatic nitrogens is 1. The van der Waals surface area contributed by atoms with Crippen LogP contribution in [0.25, 0.3) is 0 Å². The molecule has 0 spiro atoms. The van der Waals surface area contributed by atoms with Crippen LogP contribution in [0, 0.1) is 0 Å². The number of hydrogen-bond donors (Lipinski definition) is 2. The van der Waals surface area contributed by atoms with Gasteiger partial charge in [-0.05, 0) is 47.3 Å². The summed E-state index contributed by atoms with van der Waals surface area (Å²) in [5.74, 6) is 0.681. The Morgan fingerprint density at radius 3 is 2.59 bits per heavy atom. The van der Waals surface area contributed by atoms with E-state index in [1.165, 1.54) is 11.9 Å². The molecule has 4 rings (SSSR count). The molecule has 3 aromatic rings. The van der Waals surface area contributed by atoms with E-state index in [0.29, 0.717) is 17.5 Å². The molecule has 1 aliphatic heterocycles. The largest absolute Gasteiger partial charge is 0.324 e. The Morgan fingerprint density at radius 2 is 1.74 bits per heavy atom. The number of nitrogens with one attached hydrogen (secondary N) is 2. The fraction of sp³-hybridized carbons (Fsp3) is 0.100. The van der Waals surface area contributed by atoms with Gasteiger partial charge in [0.2, 0.25) is 5.96 Å². The number of hydrogen-bond acceptors (Lipinski definition) is 3. The number of para-hydroxylation sites is 1. The highest BCUT2D eigenvalue weighted by molar-refractivity contribution is 7.98. The average molecular weight is 415 g/mol. The van der Waals surface area contributed by atoms with Crippen molar-refractivity contribution in [3.8, 4) is 0 Å². The lowest BCUT2D eigenvalue weighted by atomic mass is 10.0. The van der Waals surface area contributed by atoms with Gasteiger partial charge >= 0.3 is 0 Å². The molecule has 27 heavy (non-hydrogen) atoms. The van der Waals surface area contributed by atoms with Gasteiger partial charge in [0.25, 0.3) is 0 Å². The lowest BCUT2D eigenvalue weighted by Crippen LogP contribution is -2.30. The Bertz CT molecular complexity index is 1010. The molecule has 4 nitrogen and oxygen atoms in total. The number of rotatable bonds is 4. The zero-order valence-electron chi connectivity index (χ0n) is 14.2. The van der Waals surface area contributed by atoms with Gasteiger partial charge in [0, 0.05) is 17.6 Å². The van der Waals surface area contributed by atoms with Crippen LogP contribution < -0.4 is 10.0 Å². The van der Waals surface area contributed by atoms with Gasteiger partial charge in [0.05, 0.1) is 27.8 Å². The van der Waals surface area contributed by atoms with E-state index in [2.05, 4.69) is 38.2 Å². The minimum atomic E-state index is 0.400. The Balaban J connectivity index is 1.57. The third kappa shape index (κ3) is 4.21. The Kier molecular flexibility index (Phi) is 5.53. The summed E-state index contributed by atoms with van der Waals surface area (Å²) in [4.78, 5) is 9.97. The van der Waals surface area contributed by atoms with E-state index in [4.69, 9.17) is 23.2 Å². The van der Waals surface area contributed by atoms with E-state index >= 15 is 0 Å². The maximum atomic E-state index is 6.34. The molecule has 2 heterocycles. The minimum absolute atomic E-state index is 0.400. The first kappa shape index (κ1) is 18.2. The molecule has 0 bridgehead atoms. The smallest absolute Gasteiger partial charge is 0.206 e. The summed E-state index contributed by atoms with van der Waals surface area (Å²) in [6.07, 6.45) is 2.46. The van der Waals surface area contributed by atoms with Crippen LogP contribution in [-0.2, 0) is 13.0 Å². The van der Waals surface area contributed by atoms with Gasteiger partial charge in [0.1, 0.15) is 0 Å². The first-order chi connectivity index (χ1) is 13.2. The Hall–Kier alpha value is -2.21. The van der Waals surface area contributed by atoms with E-state index in [0.717, 1.165) is 38.8 Å². The maximum absolute atomic E-state index is 6.34. The first-order valence-electron chi connectivity index (χ1n) is 8.40. The van der Waals surface area contributed by atoms with Crippen molar-refractivity contribution in [3.05, 3.63) is 87.7 Å². The standard InChI is InChI=1S/C20H16Cl2N4S/c21-15-7-2-1-5-13(15)11-14-6-3-9-18-19(14)25-20(26-27-18)24-12-17-16(22)8-4-10-23-17/h1-10H,11-12H2,(H2,24,25,26). The third-order valence-corrected chi connectivity index (χ3v) is 5.74. The van der Waals surface area contributed by atoms with Crippen LogP contribution >= 0.6 is 35.1 Å². The summed E-state index contributed by atoms with van der Waals surface area (Å²) < 4.78 is 3.23. The molecular formula is C20H16Cl2N4S. The molecule has 1 aromatic heterocycles. The molecule has 0 unspecified atom stereocenters. The van der Waals surface area contributed by atoms with Crippen molar-refractivity contribution in [3.63, 3.8) is 0 Å². The summed E-state index contributed by atoms with van der Waals surface area (Å²) in [7, 11) is 0. The van der Waals surface area contributed by atoms with Gasteiger partial charge in [-0.3, -0.25) is 9.71 Å². The highest BCUT2D eigenvalue weighted by Crippen LogP contribution is 2.34. The quantitative estimate of drug-likeness (QED) is 0.548. The van der Waals surface area contributed by atoms with Gasteiger partial charge in [-0.1, -0.05) is 53.5 Å². The summed E-state index contributed by atoms with van der Waals surface area (Å²) >= 11 is 14.0. The summed E-state index contributed by atoms with van der Waals surface area (Å²) in [5.41, 5.74) is 4.05. The van der Waals surface area contributed by atoms with Crippen LogP contribution in [0.2, 0.25) is 10.0 Å². The summed E-state index contributed by atoms with van der Waals surface area (Å²) in [6.45, 7) is 0.400. The second kappa shape index (κ2) is 8.21. The molecule has 0 atom stereocenters. The van der Waals surface area contributed by atoms with Gasteiger partial charge < -0.3 is 5.32 Å². The number of pyridine rings is 1. The molecule has 0 fully saturated rings. The van der Waals surface area contributed by atoms with Crippen molar-refractivity contribution in [1.29, 1.82) is 0 Å². The van der Waals surface area contributed by atoms with Gasteiger partial charge in [-0.25, -0.2) is 4.99 Å². The molecule has 1 aliphatic rings. The fourth-order valence-corrected chi connectivity index (χ4v) is 3.94. The molecule has 0 radical (unpaired) electrons. The average Bonchev–Trinajstić information content (AvgIpc) is 2.69. The fourth-order valence-electron chi connectivity index (χ4n) is 2.81. The molecule has 136 valence electrons. The number of aliphatic imine (C=N–C) groups is 1. The normalized spacial score (nSPS) is 14.4. The lowest BCUT2D eigenvalue weighted by molar-refractivity contribution is 0.979. The zero-order chi connectivity index (χ0) is 18.6. The van der Waals surface area contributed by atoms with Crippen LogP contribution in [0.3, 0.4) is 0 Å². The highest BCUT2D eigenvalue weighted by Gasteiger charge is 2.17. The van der Waals surface area contributed by atoms with Crippen LogP contribution in [0.5, 0.6) is 0 Å². The number of guanidine groups is 1. The third-order valence-electron chi connectivity index (χ3n) is 4.17. The van der Waals surface area contributed by atoms with Crippen molar-refractivity contribution >= 4 is 46.8 Å². The minimum Gasteiger partial charge on any atom is -0.324 e. The number of nitrogens with zero attached hydrogens (tertiary/aromatic N) is 2. The monoisotopic (exact) mass is 414 g/mol. The van der Waals surface area contributed by atoms with Crippen LogP contribution in [-0.4, -0.2) is 10.9 Å². The van der Waals surface area contributed by atoms with E-state index in [1.54, 1.807) is 6.20 Å². The Morgan fingerprint density at radius 1 is 0.926 bits per heavy atom. The molecule has 7 heteroatoms. The molecule has 2 aromatic carbocycles. The number of benzene rings is 2. The van der Waals surface area contributed by atoms with Gasteiger partial charge in [-0.15, -0.1) is 0 Å². The van der Waals surface area contributed by atoms with Crippen LogP contribution in [0.15, 0.2) is 70.7 Å². The van der Waals surface area contributed by atoms with Crippen molar-refractivity contribution in [2.45, 2.75) is 17.9 Å².